The number of hydrogen-bond donors (Lipinski definition) is 1. The molecule has 0 aliphatic carbocycles. The first-order chi connectivity index (χ1) is 7.90. The molecule has 94 valence electrons. The third kappa shape index (κ3) is 4.10. The van der Waals surface area contributed by atoms with Crippen molar-refractivity contribution in [3.05, 3.63) is 29.3 Å². The van der Waals surface area contributed by atoms with Crippen molar-refractivity contribution in [3.63, 3.8) is 0 Å². The summed E-state index contributed by atoms with van der Waals surface area (Å²) in [7, 11) is 0. The van der Waals surface area contributed by atoms with E-state index in [-0.39, 0.29) is 11.9 Å². The van der Waals surface area contributed by atoms with Gasteiger partial charge in [-0.2, -0.15) is 0 Å². The van der Waals surface area contributed by atoms with Crippen LogP contribution >= 0.6 is 0 Å². The zero-order valence-corrected chi connectivity index (χ0v) is 11.2. The molecule has 0 unspecified atom stereocenters. The predicted octanol–water partition coefficient (Wildman–Crippen LogP) is 2.60. The van der Waals surface area contributed by atoms with Gasteiger partial charge < -0.3 is 10.1 Å². The second-order valence-electron chi connectivity index (χ2n) is 4.69. The second kappa shape index (κ2) is 5.71. The van der Waals surface area contributed by atoms with Crippen LogP contribution in [0, 0.1) is 13.8 Å². The molecule has 0 heterocycles. The highest BCUT2D eigenvalue weighted by molar-refractivity contribution is 5.80. The van der Waals surface area contributed by atoms with Crippen molar-refractivity contribution >= 4 is 5.91 Å². The van der Waals surface area contributed by atoms with Crippen LogP contribution in [0.1, 0.15) is 31.9 Å². The van der Waals surface area contributed by atoms with Gasteiger partial charge in [-0.1, -0.05) is 17.7 Å². The standard InChI is InChI=1S/C14H21NO2/c1-9(2)15-14(16)12(5)17-13-7-6-10(3)8-11(13)4/h6-9,12H,1-5H3,(H,15,16)/t12-/m0/s1. The third-order valence-electron chi connectivity index (χ3n) is 2.43. The van der Waals surface area contributed by atoms with Gasteiger partial charge in [0.1, 0.15) is 5.75 Å². The largest absolute Gasteiger partial charge is 0.481 e. The Hall–Kier alpha value is -1.51. The van der Waals surface area contributed by atoms with Gasteiger partial charge >= 0.3 is 0 Å². The molecule has 0 bridgehead atoms. The van der Waals surface area contributed by atoms with Crippen molar-refractivity contribution in [3.8, 4) is 5.75 Å². The number of amides is 1. The fourth-order valence-electron chi connectivity index (χ4n) is 1.58. The van der Waals surface area contributed by atoms with E-state index in [2.05, 4.69) is 5.32 Å². The van der Waals surface area contributed by atoms with E-state index in [1.165, 1.54) is 5.56 Å². The quantitative estimate of drug-likeness (QED) is 0.871. The van der Waals surface area contributed by atoms with Crippen molar-refractivity contribution in [2.75, 3.05) is 0 Å². The van der Waals surface area contributed by atoms with E-state index in [1.54, 1.807) is 6.92 Å². The summed E-state index contributed by atoms with van der Waals surface area (Å²) in [5.74, 6) is 0.682. The van der Waals surface area contributed by atoms with Crippen LogP contribution in [-0.4, -0.2) is 18.1 Å². The minimum absolute atomic E-state index is 0.0834. The Labute approximate surface area is 103 Å². The number of benzene rings is 1. The number of carbonyl (C=O) groups is 1. The third-order valence-corrected chi connectivity index (χ3v) is 2.43. The topological polar surface area (TPSA) is 38.3 Å². The highest BCUT2D eigenvalue weighted by Crippen LogP contribution is 2.20. The van der Waals surface area contributed by atoms with Crippen LogP contribution in [0.25, 0.3) is 0 Å². The van der Waals surface area contributed by atoms with Crippen LogP contribution in [0.2, 0.25) is 0 Å². The maximum Gasteiger partial charge on any atom is 0.260 e. The van der Waals surface area contributed by atoms with Crippen LogP contribution in [0.15, 0.2) is 18.2 Å². The molecular formula is C14H21NO2. The Balaban J connectivity index is 2.67. The Morgan fingerprint density at radius 3 is 2.41 bits per heavy atom. The van der Waals surface area contributed by atoms with Crippen LogP contribution < -0.4 is 10.1 Å². The first kappa shape index (κ1) is 13.6. The molecule has 1 atom stereocenters. The number of carbonyl (C=O) groups excluding carboxylic acids is 1. The fourth-order valence-corrected chi connectivity index (χ4v) is 1.58. The lowest BCUT2D eigenvalue weighted by Gasteiger charge is -2.17. The van der Waals surface area contributed by atoms with E-state index < -0.39 is 6.10 Å². The second-order valence-corrected chi connectivity index (χ2v) is 4.69. The molecule has 1 amide bonds. The molecule has 3 nitrogen and oxygen atoms in total. The van der Waals surface area contributed by atoms with Gasteiger partial charge in [0.2, 0.25) is 0 Å². The zero-order chi connectivity index (χ0) is 13.0. The summed E-state index contributed by atoms with van der Waals surface area (Å²) < 4.78 is 5.65. The first-order valence-electron chi connectivity index (χ1n) is 5.94. The summed E-state index contributed by atoms with van der Waals surface area (Å²) in [6.07, 6.45) is -0.473. The summed E-state index contributed by atoms with van der Waals surface area (Å²) >= 11 is 0. The molecule has 1 aromatic rings. The van der Waals surface area contributed by atoms with Crippen LogP contribution in [0.4, 0.5) is 0 Å². The van der Waals surface area contributed by atoms with Crippen molar-refractivity contribution < 1.29 is 9.53 Å². The van der Waals surface area contributed by atoms with E-state index in [0.29, 0.717) is 0 Å². The van der Waals surface area contributed by atoms with Crippen LogP contribution in [-0.2, 0) is 4.79 Å². The molecule has 0 saturated carbocycles. The molecule has 0 aliphatic heterocycles. The Bertz CT molecular complexity index is 399. The van der Waals surface area contributed by atoms with Gasteiger partial charge in [-0.25, -0.2) is 0 Å². The molecule has 3 heteroatoms. The summed E-state index contributed by atoms with van der Waals surface area (Å²) in [5.41, 5.74) is 2.24. The Morgan fingerprint density at radius 2 is 1.88 bits per heavy atom. The number of rotatable bonds is 4. The predicted molar refractivity (Wildman–Crippen MR) is 69.3 cm³/mol. The molecule has 0 aromatic heterocycles. The molecule has 0 spiro atoms. The molecule has 0 radical (unpaired) electrons. The number of ether oxygens (including phenoxy) is 1. The number of aryl methyl sites for hydroxylation is 2. The monoisotopic (exact) mass is 235 g/mol. The van der Waals surface area contributed by atoms with E-state index in [9.17, 15) is 4.79 Å². The van der Waals surface area contributed by atoms with Crippen molar-refractivity contribution in [2.45, 2.75) is 46.8 Å². The molecule has 0 fully saturated rings. The van der Waals surface area contributed by atoms with Gasteiger partial charge in [0.05, 0.1) is 0 Å². The summed E-state index contributed by atoms with van der Waals surface area (Å²) in [6.45, 7) is 9.64. The van der Waals surface area contributed by atoms with Gasteiger partial charge in [0, 0.05) is 6.04 Å². The summed E-state index contributed by atoms with van der Waals surface area (Å²) in [6, 6.07) is 6.06. The van der Waals surface area contributed by atoms with Gasteiger partial charge in [0.25, 0.3) is 5.91 Å². The Morgan fingerprint density at radius 1 is 1.24 bits per heavy atom. The molecular weight excluding hydrogens is 214 g/mol. The van der Waals surface area contributed by atoms with Gasteiger partial charge in [-0.3, -0.25) is 4.79 Å². The van der Waals surface area contributed by atoms with E-state index in [1.807, 2.05) is 45.9 Å². The lowest BCUT2D eigenvalue weighted by molar-refractivity contribution is -0.127. The Kier molecular flexibility index (Phi) is 4.55. The molecule has 17 heavy (non-hydrogen) atoms. The van der Waals surface area contributed by atoms with Crippen LogP contribution in [0.3, 0.4) is 0 Å². The summed E-state index contributed by atoms with van der Waals surface area (Å²) in [4.78, 5) is 11.7. The minimum Gasteiger partial charge on any atom is -0.481 e. The minimum atomic E-state index is -0.473. The highest BCUT2D eigenvalue weighted by atomic mass is 16.5. The fraction of sp³-hybridized carbons (Fsp3) is 0.500. The maximum absolute atomic E-state index is 11.7. The number of hydrogen-bond acceptors (Lipinski definition) is 2. The highest BCUT2D eigenvalue weighted by Gasteiger charge is 2.15. The molecule has 1 rings (SSSR count). The zero-order valence-electron chi connectivity index (χ0n) is 11.2. The van der Waals surface area contributed by atoms with E-state index in [0.717, 1.165) is 11.3 Å². The van der Waals surface area contributed by atoms with E-state index >= 15 is 0 Å². The average molecular weight is 235 g/mol. The maximum atomic E-state index is 11.7. The molecule has 1 N–H and O–H groups in total. The van der Waals surface area contributed by atoms with E-state index in [4.69, 9.17) is 4.74 Å². The van der Waals surface area contributed by atoms with Crippen molar-refractivity contribution in [1.82, 2.24) is 5.32 Å². The lowest BCUT2D eigenvalue weighted by Crippen LogP contribution is -2.40. The van der Waals surface area contributed by atoms with Crippen molar-refractivity contribution in [1.29, 1.82) is 0 Å². The van der Waals surface area contributed by atoms with Crippen molar-refractivity contribution in [2.24, 2.45) is 0 Å². The molecule has 0 saturated heterocycles. The molecule has 0 aliphatic rings. The first-order valence-corrected chi connectivity index (χ1v) is 5.94. The van der Waals surface area contributed by atoms with Gasteiger partial charge in [-0.15, -0.1) is 0 Å². The summed E-state index contributed by atoms with van der Waals surface area (Å²) in [5, 5.41) is 2.83. The lowest BCUT2D eigenvalue weighted by atomic mass is 10.1. The smallest absolute Gasteiger partial charge is 0.260 e. The van der Waals surface area contributed by atoms with Crippen LogP contribution in [0.5, 0.6) is 5.75 Å². The molecule has 1 aromatic carbocycles. The normalized spacial score (nSPS) is 12.4. The van der Waals surface area contributed by atoms with Gasteiger partial charge in [0.15, 0.2) is 6.10 Å². The number of nitrogens with one attached hydrogen (secondary N) is 1. The average Bonchev–Trinajstić information content (AvgIpc) is 2.21. The SMILES string of the molecule is Cc1ccc(O[C@@H](C)C(=O)NC(C)C)c(C)c1. The van der Waals surface area contributed by atoms with Gasteiger partial charge in [-0.05, 0) is 46.2 Å².